The summed E-state index contributed by atoms with van der Waals surface area (Å²) in [5, 5.41) is 3.61. The fourth-order valence-corrected chi connectivity index (χ4v) is 3.08. The minimum absolute atomic E-state index is 0.0215. The normalized spacial score (nSPS) is 21.6. The third-order valence-electron chi connectivity index (χ3n) is 4.25. The van der Waals surface area contributed by atoms with E-state index in [-0.39, 0.29) is 12.1 Å². The number of likely N-dealkylation sites (tertiary alicyclic amines) is 1. The lowest BCUT2D eigenvalue weighted by Crippen LogP contribution is -2.59. The number of ether oxygens (including phenoxy) is 2. The van der Waals surface area contributed by atoms with Gasteiger partial charge in [0, 0.05) is 18.2 Å². The number of hydrogen-bond acceptors (Lipinski definition) is 3. The molecule has 1 N–H and O–H groups in total. The maximum absolute atomic E-state index is 12.0. The smallest absolute Gasteiger partial charge is 0.317 e. The summed E-state index contributed by atoms with van der Waals surface area (Å²) in [5.41, 5.74) is 0. The molecule has 2 amide bonds. The van der Waals surface area contributed by atoms with Gasteiger partial charge in [0.2, 0.25) is 0 Å². The molecule has 1 atom stereocenters. The van der Waals surface area contributed by atoms with E-state index in [9.17, 15) is 4.79 Å². The summed E-state index contributed by atoms with van der Waals surface area (Å²) in [5.74, 6) is 0.747. The van der Waals surface area contributed by atoms with E-state index >= 15 is 0 Å². The molecule has 5 nitrogen and oxygen atoms in total. The molecule has 1 aromatic carbocycles. The van der Waals surface area contributed by atoms with E-state index in [4.69, 9.17) is 21.1 Å². The molecule has 23 heavy (non-hydrogen) atoms. The first-order valence-electron chi connectivity index (χ1n) is 8.27. The number of benzene rings is 1. The predicted octanol–water partition coefficient (Wildman–Crippen LogP) is 3.07. The monoisotopic (exact) mass is 338 g/mol. The maximum atomic E-state index is 12.0. The fraction of sp³-hybridized carbons (Fsp3) is 0.588. The molecule has 1 aromatic rings. The molecule has 0 aliphatic carbocycles. The second-order valence-corrected chi connectivity index (χ2v) is 6.55. The number of halogens is 1. The summed E-state index contributed by atoms with van der Waals surface area (Å²) in [6.45, 7) is 2.74. The van der Waals surface area contributed by atoms with E-state index in [1.165, 1.54) is 6.42 Å². The molecule has 0 unspecified atom stereocenters. The Kier molecular flexibility index (Phi) is 5.62. The highest BCUT2D eigenvalue weighted by atomic mass is 35.5. The van der Waals surface area contributed by atoms with Crippen molar-refractivity contribution < 1.29 is 14.3 Å². The standard InChI is InChI=1S/C17H23ClN2O3/c18-13-4-3-6-15(10-13)23-16-11-20(12-16)17(21)19-8-7-14-5-1-2-9-22-14/h3-4,6,10,14,16H,1-2,5,7-9,11-12H2,(H,19,21)/t14-/m1/s1. The molecule has 2 saturated heterocycles. The molecule has 2 heterocycles. The third kappa shape index (κ3) is 4.75. The first-order valence-corrected chi connectivity index (χ1v) is 8.65. The van der Waals surface area contributed by atoms with E-state index in [1.807, 2.05) is 18.2 Å². The van der Waals surface area contributed by atoms with Crippen LogP contribution in [0.4, 0.5) is 4.79 Å². The van der Waals surface area contributed by atoms with Gasteiger partial charge in [-0.2, -0.15) is 0 Å². The van der Waals surface area contributed by atoms with Gasteiger partial charge in [-0.15, -0.1) is 0 Å². The topological polar surface area (TPSA) is 50.8 Å². The van der Waals surface area contributed by atoms with Gasteiger partial charge in [-0.05, 0) is 43.9 Å². The average Bonchev–Trinajstić information content (AvgIpc) is 2.51. The Balaban J connectivity index is 1.31. The Morgan fingerprint density at radius 1 is 1.39 bits per heavy atom. The summed E-state index contributed by atoms with van der Waals surface area (Å²) < 4.78 is 11.4. The molecule has 0 aromatic heterocycles. The molecule has 3 rings (SSSR count). The van der Waals surface area contributed by atoms with Crippen molar-refractivity contribution in [1.82, 2.24) is 10.2 Å². The van der Waals surface area contributed by atoms with Crippen molar-refractivity contribution in [2.24, 2.45) is 0 Å². The number of urea groups is 1. The molecule has 2 aliphatic rings. The Labute approximate surface area is 141 Å². The lowest BCUT2D eigenvalue weighted by atomic mass is 10.1. The Morgan fingerprint density at radius 3 is 3.00 bits per heavy atom. The molecular weight excluding hydrogens is 316 g/mol. The van der Waals surface area contributed by atoms with Crippen molar-refractivity contribution in [3.8, 4) is 5.75 Å². The van der Waals surface area contributed by atoms with Crippen molar-refractivity contribution in [2.75, 3.05) is 26.2 Å². The van der Waals surface area contributed by atoms with Crippen LogP contribution in [0.5, 0.6) is 5.75 Å². The molecule has 0 saturated carbocycles. The molecule has 2 fully saturated rings. The quantitative estimate of drug-likeness (QED) is 0.897. The van der Waals surface area contributed by atoms with E-state index in [1.54, 1.807) is 11.0 Å². The lowest BCUT2D eigenvalue weighted by Gasteiger charge is -2.38. The van der Waals surface area contributed by atoms with Gasteiger partial charge >= 0.3 is 6.03 Å². The van der Waals surface area contributed by atoms with Crippen LogP contribution in [-0.2, 0) is 4.74 Å². The number of carbonyl (C=O) groups excluding carboxylic acids is 1. The second kappa shape index (κ2) is 7.88. The summed E-state index contributed by atoms with van der Waals surface area (Å²) in [7, 11) is 0. The molecule has 126 valence electrons. The summed E-state index contributed by atoms with van der Waals surface area (Å²) in [6.07, 6.45) is 4.73. The van der Waals surface area contributed by atoms with Crippen LogP contribution in [0.25, 0.3) is 0 Å². The Bertz CT molecular complexity index is 528. The molecular formula is C17H23ClN2O3. The summed E-state index contributed by atoms with van der Waals surface area (Å²) in [4.78, 5) is 13.8. The number of amides is 2. The van der Waals surface area contributed by atoms with Crippen LogP contribution in [0.15, 0.2) is 24.3 Å². The number of nitrogens with one attached hydrogen (secondary N) is 1. The van der Waals surface area contributed by atoms with Gasteiger partial charge in [-0.25, -0.2) is 4.79 Å². The van der Waals surface area contributed by atoms with Gasteiger partial charge in [0.15, 0.2) is 0 Å². The van der Waals surface area contributed by atoms with Crippen LogP contribution in [0.3, 0.4) is 0 Å². The molecule has 6 heteroatoms. The zero-order valence-corrected chi connectivity index (χ0v) is 13.9. The van der Waals surface area contributed by atoms with Gasteiger partial charge < -0.3 is 19.7 Å². The van der Waals surface area contributed by atoms with Gasteiger partial charge in [-0.3, -0.25) is 0 Å². The predicted molar refractivity (Wildman–Crippen MR) is 89.0 cm³/mol. The third-order valence-corrected chi connectivity index (χ3v) is 4.49. The number of hydrogen-bond donors (Lipinski definition) is 1. The van der Waals surface area contributed by atoms with Crippen molar-refractivity contribution in [3.63, 3.8) is 0 Å². The van der Waals surface area contributed by atoms with E-state index in [0.717, 1.165) is 31.6 Å². The van der Waals surface area contributed by atoms with Crippen molar-refractivity contribution >= 4 is 17.6 Å². The zero-order valence-electron chi connectivity index (χ0n) is 13.2. The molecule has 0 bridgehead atoms. The SMILES string of the molecule is O=C(NCC[C@H]1CCCCO1)N1CC(Oc2cccc(Cl)c2)C1. The Hall–Kier alpha value is -1.46. The van der Waals surface area contributed by atoms with E-state index in [2.05, 4.69) is 5.32 Å². The highest BCUT2D eigenvalue weighted by molar-refractivity contribution is 6.30. The van der Waals surface area contributed by atoms with E-state index in [0.29, 0.717) is 30.8 Å². The molecule has 0 spiro atoms. The minimum atomic E-state index is -0.0215. The molecule has 2 aliphatic heterocycles. The van der Waals surface area contributed by atoms with Gasteiger partial charge in [0.25, 0.3) is 0 Å². The van der Waals surface area contributed by atoms with Gasteiger partial charge in [0.1, 0.15) is 11.9 Å². The first-order chi connectivity index (χ1) is 11.2. The maximum Gasteiger partial charge on any atom is 0.317 e. The van der Waals surface area contributed by atoms with Crippen LogP contribution in [0.1, 0.15) is 25.7 Å². The second-order valence-electron chi connectivity index (χ2n) is 6.11. The molecule has 0 radical (unpaired) electrons. The summed E-state index contributed by atoms with van der Waals surface area (Å²) in [6, 6.07) is 7.30. The zero-order chi connectivity index (χ0) is 16.1. The number of rotatable bonds is 5. The van der Waals surface area contributed by atoms with E-state index < -0.39 is 0 Å². The first kappa shape index (κ1) is 16.4. The van der Waals surface area contributed by atoms with Crippen molar-refractivity contribution in [2.45, 2.75) is 37.9 Å². The number of carbonyl (C=O) groups is 1. The van der Waals surface area contributed by atoms with Gasteiger partial charge in [0.05, 0.1) is 19.2 Å². The van der Waals surface area contributed by atoms with Crippen LogP contribution < -0.4 is 10.1 Å². The fourth-order valence-electron chi connectivity index (χ4n) is 2.90. The number of nitrogens with zero attached hydrogens (tertiary/aromatic N) is 1. The highest BCUT2D eigenvalue weighted by Gasteiger charge is 2.32. The summed E-state index contributed by atoms with van der Waals surface area (Å²) >= 11 is 5.93. The van der Waals surface area contributed by atoms with Crippen LogP contribution in [0, 0.1) is 0 Å². The van der Waals surface area contributed by atoms with Crippen LogP contribution in [-0.4, -0.2) is 49.4 Å². The lowest BCUT2D eigenvalue weighted by molar-refractivity contribution is 0.0109. The minimum Gasteiger partial charge on any atom is -0.487 e. The van der Waals surface area contributed by atoms with Crippen molar-refractivity contribution in [3.05, 3.63) is 29.3 Å². The van der Waals surface area contributed by atoms with Crippen LogP contribution in [0.2, 0.25) is 5.02 Å². The van der Waals surface area contributed by atoms with Crippen molar-refractivity contribution in [1.29, 1.82) is 0 Å². The highest BCUT2D eigenvalue weighted by Crippen LogP contribution is 2.21. The largest absolute Gasteiger partial charge is 0.487 e. The average molecular weight is 339 g/mol. The van der Waals surface area contributed by atoms with Gasteiger partial charge in [-0.1, -0.05) is 17.7 Å². The Morgan fingerprint density at radius 2 is 2.26 bits per heavy atom. The van der Waals surface area contributed by atoms with Crippen LogP contribution >= 0.6 is 11.6 Å².